The van der Waals surface area contributed by atoms with Crippen molar-refractivity contribution in [3.8, 4) is 0 Å². The van der Waals surface area contributed by atoms with Crippen molar-refractivity contribution in [1.82, 2.24) is 10.2 Å². The van der Waals surface area contributed by atoms with Gasteiger partial charge in [-0.15, -0.1) is 0 Å². The predicted octanol–water partition coefficient (Wildman–Crippen LogP) is 4.34. The molecule has 0 saturated carbocycles. The first-order valence-corrected chi connectivity index (χ1v) is 10.1. The summed E-state index contributed by atoms with van der Waals surface area (Å²) in [7, 11) is 0. The van der Waals surface area contributed by atoms with Gasteiger partial charge in [0.05, 0.1) is 0 Å². The summed E-state index contributed by atoms with van der Waals surface area (Å²) in [5, 5.41) is 6.25. The van der Waals surface area contributed by atoms with E-state index in [1.165, 1.54) is 0 Å². The maximum Gasteiger partial charge on any atom is 0.322 e. The molecular formula is C23H27N3O2. The van der Waals surface area contributed by atoms with Crippen LogP contribution in [0.4, 0.5) is 10.5 Å². The summed E-state index contributed by atoms with van der Waals surface area (Å²) in [5.41, 5.74) is 2.54. The van der Waals surface area contributed by atoms with E-state index in [4.69, 9.17) is 0 Å². The second kappa shape index (κ2) is 8.05. The number of aryl methyl sites for hydroxylation is 1. The molecule has 0 aliphatic carbocycles. The van der Waals surface area contributed by atoms with Crippen LogP contribution in [0.2, 0.25) is 0 Å². The highest BCUT2D eigenvalue weighted by atomic mass is 16.2. The Bertz CT molecular complexity index is 838. The SMILES string of the molecule is Cc1ccccc1C(=O)NC1C[C@H]2CCC[C@H](C1)N2C(=O)Nc1ccccc1. The molecule has 4 rings (SSSR count). The van der Waals surface area contributed by atoms with Crippen LogP contribution in [-0.4, -0.2) is 35.0 Å². The second-order valence-electron chi connectivity index (χ2n) is 7.90. The van der Waals surface area contributed by atoms with E-state index in [1.54, 1.807) is 0 Å². The van der Waals surface area contributed by atoms with Crippen LogP contribution in [0.15, 0.2) is 54.6 Å². The minimum atomic E-state index is -0.0235. The highest BCUT2D eigenvalue weighted by molar-refractivity contribution is 5.95. The summed E-state index contributed by atoms with van der Waals surface area (Å²) in [6.45, 7) is 1.96. The van der Waals surface area contributed by atoms with Gasteiger partial charge in [-0.25, -0.2) is 4.79 Å². The molecule has 2 aliphatic rings. The molecule has 146 valence electrons. The van der Waals surface area contributed by atoms with Crippen molar-refractivity contribution in [2.45, 2.75) is 57.2 Å². The Labute approximate surface area is 166 Å². The average Bonchev–Trinajstić information content (AvgIpc) is 2.68. The largest absolute Gasteiger partial charge is 0.349 e. The van der Waals surface area contributed by atoms with Crippen LogP contribution >= 0.6 is 0 Å². The fourth-order valence-electron chi connectivity index (χ4n) is 4.63. The molecule has 0 radical (unpaired) electrons. The van der Waals surface area contributed by atoms with E-state index in [9.17, 15) is 9.59 Å². The van der Waals surface area contributed by atoms with E-state index in [0.29, 0.717) is 0 Å². The summed E-state index contributed by atoms with van der Waals surface area (Å²) in [6, 6.07) is 17.7. The lowest BCUT2D eigenvalue weighted by Crippen LogP contribution is -2.59. The Morgan fingerprint density at radius 2 is 1.57 bits per heavy atom. The minimum absolute atomic E-state index is 0.0108. The van der Waals surface area contributed by atoms with Crippen LogP contribution in [-0.2, 0) is 0 Å². The number of nitrogens with one attached hydrogen (secondary N) is 2. The van der Waals surface area contributed by atoms with Crippen molar-refractivity contribution < 1.29 is 9.59 Å². The van der Waals surface area contributed by atoms with Crippen molar-refractivity contribution in [2.24, 2.45) is 0 Å². The third kappa shape index (κ3) is 3.88. The molecule has 2 saturated heterocycles. The van der Waals surface area contributed by atoms with Gasteiger partial charge in [0, 0.05) is 29.4 Å². The lowest BCUT2D eigenvalue weighted by Gasteiger charge is -2.48. The molecule has 2 aromatic carbocycles. The summed E-state index contributed by atoms with van der Waals surface area (Å²) >= 11 is 0. The minimum Gasteiger partial charge on any atom is -0.349 e. The van der Waals surface area contributed by atoms with Crippen LogP contribution < -0.4 is 10.6 Å². The van der Waals surface area contributed by atoms with Gasteiger partial charge in [-0.1, -0.05) is 36.4 Å². The molecule has 0 aromatic heterocycles. The number of fused-ring (bicyclic) bond motifs is 2. The van der Waals surface area contributed by atoms with E-state index in [0.717, 1.165) is 48.9 Å². The highest BCUT2D eigenvalue weighted by Crippen LogP contribution is 2.34. The van der Waals surface area contributed by atoms with E-state index >= 15 is 0 Å². The molecule has 3 amide bonds. The fourth-order valence-corrected chi connectivity index (χ4v) is 4.63. The lowest BCUT2D eigenvalue weighted by molar-refractivity contribution is 0.0577. The molecule has 2 aromatic rings. The van der Waals surface area contributed by atoms with E-state index in [1.807, 2.05) is 66.4 Å². The first kappa shape index (κ1) is 18.5. The summed E-state index contributed by atoms with van der Waals surface area (Å²) in [5.74, 6) is -0.0108. The fraction of sp³-hybridized carbons (Fsp3) is 0.391. The van der Waals surface area contributed by atoms with E-state index in [2.05, 4.69) is 10.6 Å². The zero-order valence-corrected chi connectivity index (χ0v) is 16.2. The molecule has 0 unspecified atom stereocenters. The maximum atomic E-state index is 12.9. The summed E-state index contributed by atoms with van der Waals surface area (Å²) < 4.78 is 0. The molecule has 2 atom stereocenters. The van der Waals surface area contributed by atoms with Gasteiger partial charge in [-0.2, -0.15) is 0 Å². The summed E-state index contributed by atoms with van der Waals surface area (Å²) in [6.07, 6.45) is 4.76. The van der Waals surface area contributed by atoms with Crippen molar-refractivity contribution in [1.29, 1.82) is 0 Å². The molecular weight excluding hydrogens is 350 g/mol. The third-order valence-electron chi connectivity index (χ3n) is 5.96. The van der Waals surface area contributed by atoms with Gasteiger partial charge in [0.2, 0.25) is 0 Å². The van der Waals surface area contributed by atoms with Crippen molar-refractivity contribution in [2.75, 3.05) is 5.32 Å². The number of benzene rings is 2. The molecule has 5 nitrogen and oxygen atoms in total. The van der Waals surface area contributed by atoms with Crippen LogP contribution in [0.5, 0.6) is 0 Å². The third-order valence-corrected chi connectivity index (χ3v) is 5.96. The second-order valence-corrected chi connectivity index (χ2v) is 7.90. The first-order chi connectivity index (χ1) is 13.6. The molecule has 0 spiro atoms. The number of nitrogens with zero attached hydrogens (tertiary/aromatic N) is 1. The topological polar surface area (TPSA) is 61.4 Å². The Hall–Kier alpha value is -2.82. The summed E-state index contributed by atoms with van der Waals surface area (Å²) in [4.78, 5) is 27.6. The number of carbonyl (C=O) groups excluding carboxylic acids is 2. The van der Waals surface area contributed by atoms with Crippen LogP contribution in [0, 0.1) is 6.92 Å². The first-order valence-electron chi connectivity index (χ1n) is 10.1. The lowest BCUT2D eigenvalue weighted by atomic mass is 9.82. The number of rotatable bonds is 3. The Morgan fingerprint density at radius 3 is 2.25 bits per heavy atom. The van der Waals surface area contributed by atoms with Gasteiger partial charge in [0.1, 0.15) is 0 Å². The Balaban J connectivity index is 1.42. The van der Waals surface area contributed by atoms with Crippen molar-refractivity contribution in [3.05, 3.63) is 65.7 Å². The molecule has 2 aliphatic heterocycles. The van der Waals surface area contributed by atoms with Gasteiger partial charge >= 0.3 is 6.03 Å². The van der Waals surface area contributed by atoms with Crippen LogP contribution in [0.25, 0.3) is 0 Å². The molecule has 2 fully saturated rings. The van der Waals surface area contributed by atoms with Gasteiger partial charge in [0.25, 0.3) is 5.91 Å². The monoisotopic (exact) mass is 377 g/mol. The molecule has 28 heavy (non-hydrogen) atoms. The van der Waals surface area contributed by atoms with Gasteiger partial charge in [-0.3, -0.25) is 4.79 Å². The average molecular weight is 377 g/mol. The Kier molecular flexibility index (Phi) is 5.33. The quantitative estimate of drug-likeness (QED) is 0.836. The van der Waals surface area contributed by atoms with Crippen molar-refractivity contribution in [3.63, 3.8) is 0 Å². The zero-order chi connectivity index (χ0) is 19.5. The Morgan fingerprint density at radius 1 is 0.929 bits per heavy atom. The number of carbonyl (C=O) groups is 2. The normalized spacial score (nSPS) is 23.8. The number of urea groups is 1. The number of amides is 3. The number of para-hydroxylation sites is 1. The van der Waals surface area contributed by atoms with Crippen LogP contribution in [0.1, 0.15) is 48.0 Å². The number of anilines is 1. The molecule has 2 bridgehead atoms. The van der Waals surface area contributed by atoms with Crippen molar-refractivity contribution >= 4 is 17.6 Å². The number of piperidine rings is 2. The van der Waals surface area contributed by atoms with Gasteiger partial charge in [0.15, 0.2) is 0 Å². The smallest absolute Gasteiger partial charge is 0.322 e. The molecule has 2 N–H and O–H groups in total. The van der Waals surface area contributed by atoms with Gasteiger partial charge < -0.3 is 15.5 Å². The molecule has 5 heteroatoms. The zero-order valence-electron chi connectivity index (χ0n) is 16.2. The standard InChI is InChI=1S/C23H27N3O2/c1-16-8-5-6-13-21(16)22(27)24-18-14-19-11-7-12-20(15-18)26(19)23(28)25-17-9-3-2-4-10-17/h2-6,8-10,13,18-20H,7,11-12,14-15H2,1H3,(H,24,27)(H,25,28)/t19-,20-/m1/s1. The predicted molar refractivity (Wildman–Crippen MR) is 110 cm³/mol. The highest BCUT2D eigenvalue weighted by Gasteiger charge is 2.41. The molecule has 2 heterocycles. The van der Waals surface area contributed by atoms with Crippen LogP contribution in [0.3, 0.4) is 0 Å². The number of hydrogen-bond acceptors (Lipinski definition) is 2. The van der Waals surface area contributed by atoms with Gasteiger partial charge in [-0.05, 0) is 62.8 Å². The number of hydrogen-bond donors (Lipinski definition) is 2. The van der Waals surface area contributed by atoms with E-state index in [-0.39, 0.29) is 30.1 Å². The van der Waals surface area contributed by atoms with E-state index < -0.39 is 0 Å². The maximum absolute atomic E-state index is 12.9.